The molecule has 0 aliphatic heterocycles. The van der Waals surface area contributed by atoms with Gasteiger partial charge in [-0.3, -0.25) is 4.79 Å². The number of benzene rings is 3. The fraction of sp³-hybridized carbons (Fsp3) is 0.227. The van der Waals surface area contributed by atoms with E-state index in [1.165, 1.54) is 5.39 Å². The zero-order valence-corrected chi connectivity index (χ0v) is 15.7. The van der Waals surface area contributed by atoms with Crippen molar-refractivity contribution in [2.45, 2.75) is 13.0 Å². The van der Waals surface area contributed by atoms with Crippen molar-refractivity contribution in [1.29, 1.82) is 0 Å². The number of hydrogen-bond donors (Lipinski definition) is 1. The van der Waals surface area contributed by atoms with E-state index in [2.05, 4.69) is 29.6 Å². The second-order valence-electron chi connectivity index (χ2n) is 6.18. The summed E-state index contributed by atoms with van der Waals surface area (Å²) in [7, 11) is 3.09. The first kappa shape index (κ1) is 18.6. The molecule has 0 aliphatic rings. The van der Waals surface area contributed by atoms with Gasteiger partial charge < -0.3 is 19.5 Å². The van der Waals surface area contributed by atoms with Crippen LogP contribution in [0, 0.1) is 0 Å². The summed E-state index contributed by atoms with van der Waals surface area (Å²) < 4.78 is 16.2. The molecular weight excluding hydrogens is 342 g/mol. The minimum atomic E-state index is -0.219. The fourth-order valence-corrected chi connectivity index (χ4v) is 2.94. The molecule has 3 aromatic rings. The highest BCUT2D eigenvalue weighted by Gasteiger charge is 2.15. The molecule has 27 heavy (non-hydrogen) atoms. The van der Waals surface area contributed by atoms with Crippen LogP contribution >= 0.6 is 0 Å². The summed E-state index contributed by atoms with van der Waals surface area (Å²) in [6, 6.07) is 19.5. The first-order valence-corrected chi connectivity index (χ1v) is 8.74. The highest BCUT2D eigenvalue weighted by molar-refractivity contribution is 5.83. The number of fused-ring (bicyclic) bond motifs is 1. The molecule has 0 spiro atoms. The summed E-state index contributed by atoms with van der Waals surface area (Å²) in [5.41, 5.74) is 1.04. The number of rotatable bonds is 7. The topological polar surface area (TPSA) is 56.8 Å². The summed E-state index contributed by atoms with van der Waals surface area (Å²) in [6.45, 7) is 1.82. The Labute approximate surface area is 158 Å². The zero-order chi connectivity index (χ0) is 19.2. The molecule has 0 bridgehead atoms. The van der Waals surface area contributed by atoms with Gasteiger partial charge in [0.2, 0.25) is 5.75 Å². The quantitative estimate of drug-likeness (QED) is 0.684. The Morgan fingerprint density at radius 2 is 1.59 bits per heavy atom. The monoisotopic (exact) mass is 365 g/mol. The van der Waals surface area contributed by atoms with Crippen LogP contribution in [0.15, 0.2) is 60.7 Å². The molecule has 1 N–H and O–H groups in total. The first-order valence-electron chi connectivity index (χ1n) is 8.74. The van der Waals surface area contributed by atoms with E-state index in [4.69, 9.17) is 14.2 Å². The lowest BCUT2D eigenvalue weighted by atomic mass is 10.0. The highest BCUT2D eigenvalue weighted by atomic mass is 16.5. The van der Waals surface area contributed by atoms with Gasteiger partial charge in [-0.2, -0.15) is 0 Å². The van der Waals surface area contributed by atoms with E-state index in [9.17, 15) is 4.79 Å². The van der Waals surface area contributed by atoms with Crippen LogP contribution < -0.4 is 19.5 Å². The zero-order valence-electron chi connectivity index (χ0n) is 15.7. The van der Waals surface area contributed by atoms with E-state index >= 15 is 0 Å². The van der Waals surface area contributed by atoms with Crippen LogP contribution in [0.2, 0.25) is 0 Å². The van der Waals surface area contributed by atoms with E-state index in [1.54, 1.807) is 32.4 Å². The minimum Gasteiger partial charge on any atom is -0.493 e. The van der Waals surface area contributed by atoms with E-state index < -0.39 is 0 Å². The van der Waals surface area contributed by atoms with Crippen molar-refractivity contribution in [2.24, 2.45) is 0 Å². The molecule has 1 amide bonds. The van der Waals surface area contributed by atoms with Crippen LogP contribution in [0.4, 0.5) is 0 Å². The van der Waals surface area contributed by atoms with Crippen LogP contribution in [0.3, 0.4) is 0 Å². The maximum absolute atomic E-state index is 12.3. The summed E-state index contributed by atoms with van der Waals surface area (Å²) in [6.07, 6.45) is 0. The number of hydrogen-bond acceptors (Lipinski definition) is 4. The molecule has 5 heteroatoms. The number of carbonyl (C=O) groups excluding carboxylic acids is 1. The molecular formula is C22H23NO4. The van der Waals surface area contributed by atoms with Gasteiger partial charge in [0.25, 0.3) is 5.91 Å². The lowest BCUT2D eigenvalue weighted by molar-refractivity contribution is -0.123. The number of ether oxygens (including phenoxy) is 3. The van der Waals surface area contributed by atoms with Crippen molar-refractivity contribution in [3.8, 4) is 17.2 Å². The molecule has 0 fully saturated rings. The number of methoxy groups -OCH3 is 2. The van der Waals surface area contributed by atoms with Crippen LogP contribution in [-0.2, 0) is 4.79 Å². The molecule has 0 aromatic heterocycles. The molecule has 3 rings (SSSR count). The SMILES string of the molecule is COc1cccc(OC)c1OCC(=O)NC(C)c1ccc2ccccc2c1. The van der Waals surface area contributed by atoms with Gasteiger partial charge >= 0.3 is 0 Å². The molecule has 140 valence electrons. The Bertz CT molecular complexity index is 916. The molecule has 5 nitrogen and oxygen atoms in total. The third kappa shape index (κ3) is 4.31. The molecule has 0 saturated heterocycles. The maximum Gasteiger partial charge on any atom is 0.258 e. The molecule has 3 aromatic carbocycles. The average molecular weight is 365 g/mol. The van der Waals surface area contributed by atoms with E-state index in [-0.39, 0.29) is 18.6 Å². The molecule has 0 aliphatic carbocycles. The Morgan fingerprint density at radius 3 is 2.26 bits per heavy atom. The normalized spacial score (nSPS) is 11.7. The second-order valence-corrected chi connectivity index (χ2v) is 6.18. The van der Waals surface area contributed by atoms with Crippen LogP contribution in [0.25, 0.3) is 10.8 Å². The first-order chi connectivity index (χ1) is 13.1. The van der Waals surface area contributed by atoms with Crippen LogP contribution in [0.5, 0.6) is 17.2 Å². The Balaban J connectivity index is 1.65. The molecule has 0 saturated carbocycles. The Kier molecular flexibility index (Phi) is 5.81. The van der Waals surface area contributed by atoms with Gasteiger partial charge in [-0.15, -0.1) is 0 Å². The Morgan fingerprint density at radius 1 is 0.926 bits per heavy atom. The van der Waals surface area contributed by atoms with E-state index in [1.807, 2.05) is 25.1 Å². The summed E-state index contributed by atoms with van der Waals surface area (Å²) in [4.78, 5) is 12.3. The van der Waals surface area contributed by atoms with Gasteiger partial charge in [0.1, 0.15) is 0 Å². The predicted molar refractivity (Wildman–Crippen MR) is 106 cm³/mol. The van der Waals surface area contributed by atoms with Crippen molar-refractivity contribution in [1.82, 2.24) is 5.32 Å². The standard InChI is InChI=1S/C22H23NO4/c1-15(17-12-11-16-7-4-5-8-18(16)13-17)23-21(24)14-27-22-19(25-2)9-6-10-20(22)26-3/h4-13,15H,14H2,1-3H3,(H,23,24). The van der Waals surface area contributed by atoms with Gasteiger partial charge in [0.15, 0.2) is 18.1 Å². The number of carbonyl (C=O) groups is 1. The highest BCUT2D eigenvalue weighted by Crippen LogP contribution is 2.36. The third-order valence-electron chi connectivity index (χ3n) is 4.38. The number of para-hydroxylation sites is 1. The van der Waals surface area contributed by atoms with Gasteiger partial charge in [-0.1, -0.05) is 42.5 Å². The lowest BCUT2D eigenvalue weighted by Gasteiger charge is -2.17. The largest absolute Gasteiger partial charge is 0.493 e. The third-order valence-corrected chi connectivity index (χ3v) is 4.38. The van der Waals surface area contributed by atoms with Crippen LogP contribution in [-0.4, -0.2) is 26.7 Å². The number of nitrogens with one attached hydrogen (secondary N) is 1. The van der Waals surface area contributed by atoms with Crippen molar-refractivity contribution in [3.63, 3.8) is 0 Å². The van der Waals surface area contributed by atoms with Crippen LogP contribution in [0.1, 0.15) is 18.5 Å². The van der Waals surface area contributed by atoms with Gasteiger partial charge in [-0.05, 0) is 41.5 Å². The van der Waals surface area contributed by atoms with Crippen molar-refractivity contribution in [3.05, 3.63) is 66.2 Å². The lowest BCUT2D eigenvalue weighted by Crippen LogP contribution is -2.31. The van der Waals surface area contributed by atoms with Gasteiger partial charge in [-0.25, -0.2) is 0 Å². The maximum atomic E-state index is 12.3. The molecule has 0 heterocycles. The summed E-state index contributed by atoms with van der Waals surface area (Å²) >= 11 is 0. The minimum absolute atomic E-state index is 0.130. The molecule has 1 atom stereocenters. The van der Waals surface area contributed by atoms with E-state index in [0.29, 0.717) is 17.2 Å². The van der Waals surface area contributed by atoms with E-state index in [0.717, 1.165) is 10.9 Å². The molecule has 0 radical (unpaired) electrons. The average Bonchev–Trinajstić information content (AvgIpc) is 2.71. The smallest absolute Gasteiger partial charge is 0.258 e. The molecule has 1 unspecified atom stereocenters. The van der Waals surface area contributed by atoms with Crippen molar-refractivity contribution < 1.29 is 19.0 Å². The predicted octanol–water partition coefficient (Wildman–Crippen LogP) is 4.11. The van der Waals surface area contributed by atoms with Crippen molar-refractivity contribution in [2.75, 3.05) is 20.8 Å². The summed E-state index contributed by atoms with van der Waals surface area (Å²) in [5.74, 6) is 1.23. The Hall–Kier alpha value is -3.21. The van der Waals surface area contributed by atoms with Crippen molar-refractivity contribution >= 4 is 16.7 Å². The second kappa shape index (κ2) is 8.45. The fourth-order valence-electron chi connectivity index (χ4n) is 2.94. The summed E-state index contributed by atoms with van der Waals surface area (Å²) in [5, 5.41) is 5.28. The van der Waals surface area contributed by atoms with Gasteiger partial charge in [0, 0.05) is 0 Å². The van der Waals surface area contributed by atoms with Gasteiger partial charge in [0.05, 0.1) is 20.3 Å². The number of amides is 1.